The number of rotatable bonds is 10. The van der Waals surface area contributed by atoms with E-state index in [1.54, 1.807) is 0 Å². The van der Waals surface area contributed by atoms with Gasteiger partial charge in [0.2, 0.25) is 0 Å². The van der Waals surface area contributed by atoms with E-state index in [1.165, 1.54) is 192 Å². The fourth-order valence-electron chi connectivity index (χ4n) is 15.6. The zero-order valence-corrected chi connectivity index (χ0v) is 49.2. The first-order chi connectivity index (χ1) is 41.2. The Morgan fingerprint density at radius 2 is 0.679 bits per heavy atom. The van der Waals surface area contributed by atoms with E-state index in [1.807, 2.05) is 0 Å². The topological polar surface area (TPSA) is 16.3 Å². The summed E-state index contributed by atoms with van der Waals surface area (Å²) in [5.74, 6) is 0.497. The van der Waals surface area contributed by atoms with Crippen LogP contribution in [0.15, 0.2) is 206 Å². The number of hydrogen-bond acceptors (Lipinski definition) is 2. The van der Waals surface area contributed by atoms with Crippen molar-refractivity contribution in [2.45, 2.75) is 105 Å². The molecule has 84 heavy (non-hydrogen) atoms. The van der Waals surface area contributed by atoms with Crippen molar-refractivity contribution in [3.63, 3.8) is 0 Å². The zero-order valence-electron chi connectivity index (χ0n) is 49.2. The van der Waals surface area contributed by atoms with Gasteiger partial charge in [0.25, 0.3) is 0 Å². The summed E-state index contributed by atoms with van der Waals surface area (Å²) in [5, 5.41) is 13.0. The smallest absolute Gasteiger partial charge is 0.0562 e. The first kappa shape index (κ1) is 50.6. The molecule has 4 heteroatoms. The third-order valence-electron chi connectivity index (χ3n) is 19.4. The highest BCUT2D eigenvalue weighted by molar-refractivity contribution is 6.31. The molecule has 0 bridgehead atoms. The second kappa shape index (κ2) is 19.8. The molecule has 0 fully saturated rings. The second-order valence-electron chi connectivity index (χ2n) is 24.9. The number of para-hydroxylation sites is 4. The molecule has 0 saturated heterocycles. The van der Waals surface area contributed by atoms with Crippen LogP contribution in [0.5, 0.6) is 0 Å². The summed E-state index contributed by atoms with van der Waals surface area (Å²) in [6, 6.07) is 79.6. The van der Waals surface area contributed by atoms with Crippen LogP contribution in [0.2, 0.25) is 0 Å². The second-order valence-corrected chi connectivity index (χ2v) is 24.9. The average molecular weight is 1090 g/mol. The maximum atomic E-state index is 2.72. The first-order valence-corrected chi connectivity index (χ1v) is 31.0. The highest BCUT2D eigenvalue weighted by Gasteiger charge is 2.32. The lowest BCUT2D eigenvalue weighted by Crippen LogP contribution is -2.17. The van der Waals surface area contributed by atoms with Crippen LogP contribution in [-0.4, -0.2) is 9.13 Å². The summed E-state index contributed by atoms with van der Waals surface area (Å²) in [4.78, 5) is 5.44. The van der Waals surface area contributed by atoms with Gasteiger partial charge in [-0.1, -0.05) is 161 Å². The molecule has 2 aromatic heterocycles. The molecule has 12 aromatic carbocycles. The average Bonchev–Trinajstić information content (AvgIpc) is 1.50. The quantitative estimate of drug-likeness (QED) is 0.127. The van der Waals surface area contributed by atoms with Gasteiger partial charge in [0, 0.05) is 55.1 Å². The van der Waals surface area contributed by atoms with Gasteiger partial charge in [0.15, 0.2) is 0 Å². The van der Waals surface area contributed by atoms with Crippen molar-refractivity contribution in [1.29, 1.82) is 0 Å². The first-order valence-electron chi connectivity index (χ1n) is 31.0. The minimum atomic E-state index is 0.248. The third kappa shape index (κ3) is 7.58. The molecule has 2 aliphatic rings. The number of aryl methyl sites for hydroxylation is 4. The van der Waals surface area contributed by atoms with Gasteiger partial charge < -0.3 is 18.9 Å². The van der Waals surface area contributed by atoms with Crippen LogP contribution in [0.1, 0.15) is 110 Å². The predicted molar refractivity (Wildman–Crippen MR) is 359 cm³/mol. The third-order valence-corrected chi connectivity index (χ3v) is 19.4. The molecule has 410 valence electrons. The Bertz CT molecular complexity index is 4650. The molecule has 0 aliphatic heterocycles. The Morgan fingerprint density at radius 1 is 0.310 bits per heavy atom. The highest BCUT2D eigenvalue weighted by atomic mass is 15.2. The van der Waals surface area contributed by atoms with Crippen molar-refractivity contribution < 1.29 is 0 Å². The number of anilines is 6. The lowest BCUT2D eigenvalue weighted by molar-refractivity contribution is 0.686. The summed E-state index contributed by atoms with van der Waals surface area (Å²) < 4.78 is 5.02. The van der Waals surface area contributed by atoms with E-state index in [2.05, 4.69) is 267 Å². The standard InChI is InChI=1S/C80H70N4/c1-49(2)63-47-75(83(67-37-19-27-53-25-9-11-29-55(53)67)73-41-21-39-71-79(73)59-31-13-17-35-69(59)81(71)65-33-15-7-23-51(65)5)61-46-44-58-64(50(3)4)48-76(62-45-43-57(63)77(61)78(58)62)84(68-38-20-28-54-26-10-12-30-56(54)68)74-42-22-40-72-80(74)60-32-14-18-36-70(60)82(72)66-34-16-8-24-52(66)6/h7-8,13-24,27-28,31-50H,9-12,25-26,29-30H2,1-6H3. The molecule has 16 rings (SSSR count). The van der Waals surface area contributed by atoms with E-state index in [0.717, 1.165) is 25.7 Å². The molecule has 0 radical (unpaired) electrons. The Kier molecular flexibility index (Phi) is 11.9. The number of nitrogens with zero attached hydrogens (tertiary/aromatic N) is 4. The van der Waals surface area contributed by atoms with Crippen molar-refractivity contribution in [2.24, 2.45) is 0 Å². The highest BCUT2D eigenvalue weighted by Crippen LogP contribution is 2.55. The Labute approximate surface area is 493 Å². The Balaban J connectivity index is 1.04. The van der Waals surface area contributed by atoms with Crippen molar-refractivity contribution in [1.82, 2.24) is 9.13 Å². The lowest BCUT2D eigenvalue weighted by atomic mass is 9.83. The molecule has 0 N–H and O–H groups in total. The molecular weight excluding hydrogens is 1020 g/mol. The van der Waals surface area contributed by atoms with Gasteiger partial charge in [-0.2, -0.15) is 0 Å². The molecule has 0 amide bonds. The molecule has 4 nitrogen and oxygen atoms in total. The van der Waals surface area contributed by atoms with E-state index in [0.29, 0.717) is 0 Å². The van der Waals surface area contributed by atoms with E-state index in [4.69, 9.17) is 0 Å². The molecule has 2 heterocycles. The van der Waals surface area contributed by atoms with Crippen molar-refractivity contribution in [2.75, 3.05) is 9.80 Å². The van der Waals surface area contributed by atoms with Crippen LogP contribution in [-0.2, 0) is 25.7 Å². The number of fused-ring (bicyclic) bond motifs is 8. The SMILES string of the molecule is Cc1ccccc1-n1c2ccccc2c2c(N(c3cccc4c3CCCC4)c3cc(C(C)C)c4ccc5c(N(c6cccc7c6CCCC7)c6cccc7c6c6ccccc6n7-c6ccccc6C)cc(C(C)C)c6ccc3c4c65)cccc21. The predicted octanol–water partition coefficient (Wildman–Crippen LogP) is 22.3. The molecule has 0 unspecified atom stereocenters. The largest absolute Gasteiger partial charge is 0.309 e. The minimum Gasteiger partial charge on any atom is -0.309 e. The molecule has 2 aliphatic carbocycles. The van der Waals surface area contributed by atoms with Crippen LogP contribution in [0.3, 0.4) is 0 Å². The summed E-state index contributed by atoms with van der Waals surface area (Å²) in [6.45, 7) is 14.1. The monoisotopic (exact) mass is 1090 g/mol. The van der Waals surface area contributed by atoms with Crippen LogP contribution in [0, 0.1) is 13.8 Å². The van der Waals surface area contributed by atoms with E-state index < -0.39 is 0 Å². The van der Waals surface area contributed by atoms with Crippen LogP contribution >= 0.6 is 0 Å². The van der Waals surface area contributed by atoms with E-state index in [-0.39, 0.29) is 11.8 Å². The molecular formula is C80H70N4. The Morgan fingerprint density at radius 3 is 1.12 bits per heavy atom. The summed E-state index contributed by atoms with van der Waals surface area (Å²) >= 11 is 0. The minimum absolute atomic E-state index is 0.248. The summed E-state index contributed by atoms with van der Waals surface area (Å²) in [7, 11) is 0. The van der Waals surface area contributed by atoms with Crippen LogP contribution in [0.25, 0.3) is 87.3 Å². The van der Waals surface area contributed by atoms with Crippen molar-refractivity contribution in [3.05, 3.63) is 251 Å². The molecule has 0 atom stereocenters. The van der Waals surface area contributed by atoms with E-state index >= 15 is 0 Å². The van der Waals surface area contributed by atoms with Crippen LogP contribution < -0.4 is 9.80 Å². The van der Waals surface area contributed by atoms with Gasteiger partial charge in [-0.3, -0.25) is 0 Å². The van der Waals surface area contributed by atoms with Gasteiger partial charge in [-0.25, -0.2) is 0 Å². The fourth-order valence-corrected chi connectivity index (χ4v) is 15.6. The van der Waals surface area contributed by atoms with Crippen molar-refractivity contribution >= 4 is 110 Å². The molecule has 14 aromatic rings. The maximum absolute atomic E-state index is 2.72. The van der Waals surface area contributed by atoms with Gasteiger partial charge in [-0.15, -0.1) is 0 Å². The molecule has 0 spiro atoms. The number of hydrogen-bond donors (Lipinski definition) is 0. The van der Waals surface area contributed by atoms with Gasteiger partial charge in [0.05, 0.1) is 44.8 Å². The Hall–Kier alpha value is -9.12. The number of aromatic nitrogens is 2. The molecule has 0 saturated carbocycles. The zero-order chi connectivity index (χ0) is 56.5. The lowest BCUT2D eigenvalue weighted by Gasteiger charge is -2.34. The maximum Gasteiger partial charge on any atom is 0.0562 e. The van der Waals surface area contributed by atoms with E-state index in [9.17, 15) is 0 Å². The fraction of sp³-hybridized carbons (Fsp3) is 0.200. The van der Waals surface area contributed by atoms with Gasteiger partial charge in [0.1, 0.15) is 0 Å². The van der Waals surface area contributed by atoms with Gasteiger partial charge in [-0.05, 0) is 216 Å². The summed E-state index contributed by atoms with van der Waals surface area (Å²) in [5.41, 5.74) is 25.9. The summed E-state index contributed by atoms with van der Waals surface area (Å²) in [6.07, 6.45) is 9.14. The van der Waals surface area contributed by atoms with Crippen LogP contribution in [0.4, 0.5) is 34.1 Å². The van der Waals surface area contributed by atoms with Crippen molar-refractivity contribution in [3.8, 4) is 11.4 Å². The normalized spacial score (nSPS) is 13.7. The number of benzene rings is 12. The van der Waals surface area contributed by atoms with Gasteiger partial charge >= 0.3 is 0 Å².